The second-order valence-electron chi connectivity index (χ2n) is 3.57. The van der Waals surface area contributed by atoms with Gasteiger partial charge in [-0.1, -0.05) is 6.92 Å². The molecule has 0 amide bonds. The summed E-state index contributed by atoms with van der Waals surface area (Å²) in [6.45, 7) is 5.83. The highest BCUT2D eigenvalue weighted by Gasteiger charge is 2.18. The molecular weight excluding hydrogens is 176 g/mol. The fourth-order valence-electron chi connectivity index (χ4n) is 1.90. The summed E-state index contributed by atoms with van der Waals surface area (Å²) in [4.78, 5) is 10.9. The highest BCUT2D eigenvalue weighted by atomic mass is 15.1. The zero-order valence-electron chi connectivity index (χ0n) is 8.53. The molecule has 0 saturated heterocycles. The van der Waals surface area contributed by atoms with E-state index < -0.39 is 0 Å². The van der Waals surface area contributed by atoms with Crippen LogP contribution in [0, 0.1) is 0 Å². The van der Waals surface area contributed by atoms with E-state index in [1.165, 1.54) is 11.3 Å². The van der Waals surface area contributed by atoms with Gasteiger partial charge in [0.25, 0.3) is 0 Å². The van der Waals surface area contributed by atoms with Crippen molar-refractivity contribution in [3.63, 3.8) is 0 Å². The fraction of sp³-hybridized carbons (Fsp3) is 0.600. The summed E-state index contributed by atoms with van der Waals surface area (Å²) in [5, 5.41) is 0. The van der Waals surface area contributed by atoms with Gasteiger partial charge < -0.3 is 5.73 Å². The van der Waals surface area contributed by atoms with Crippen molar-refractivity contribution in [3.8, 4) is 0 Å². The molecular formula is C10H16N4. The van der Waals surface area contributed by atoms with Crippen LogP contribution in [0.5, 0.6) is 0 Å². The summed E-state index contributed by atoms with van der Waals surface area (Å²) in [7, 11) is 0. The summed E-state index contributed by atoms with van der Waals surface area (Å²) < 4.78 is 0. The molecule has 0 radical (unpaired) electrons. The van der Waals surface area contributed by atoms with Crippen molar-refractivity contribution >= 4 is 0 Å². The van der Waals surface area contributed by atoms with E-state index in [0.717, 1.165) is 31.7 Å². The van der Waals surface area contributed by atoms with Crippen LogP contribution in [0.2, 0.25) is 0 Å². The fourth-order valence-corrected chi connectivity index (χ4v) is 1.90. The average Bonchev–Trinajstić information content (AvgIpc) is 2.27. The smallest absolute Gasteiger partial charge is 0.116 e. The van der Waals surface area contributed by atoms with Gasteiger partial charge in [-0.15, -0.1) is 0 Å². The summed E-state index contributed by atoms with van der Waals surface area (Å²) in [6.07, 6.45) is 2.65. The van der Waals surface area contributed by atoms with E-state index in [0.29, 0.717) is 6.54 Å². The van der Waals surface area contributed by atoms with Gasteiger partial charge in [0.05, 0.1) is 5.69 Å². The molecule has 14 heavy (non-hydrogen) atoms. The van der Waals surface area contributed by atoms with Crippen LogP contribution in [0.25, 0.3) is 0 Å². The minimum atomic E-state index is 0.516. The maximum atomic E-state index is 5.65. The van der Waals surface area contributed by atoms with Gasteiger partial charge in [-0.25, -0.2) is 9.97 Å². The first-order valence-corrected chi connectivity index (χ1v) is 5.09. The average molecular weight is 192 g/mol. The van der Waals surface area contributed by atoms with E-state index in [-0.39, 0.29) is 0 Å². The van der Waals surface area contributed by atoms with Crippen LogP contribution in [0.4, 0.5) is 0 Å². The molecule has 0 aromatic carbocycles. The molecule has 2 N–H and O–H groups in total. The highest BCUT2D eigenvalue weighted by Crippen LogP contribution is 2.18. The maximum absolute atomic E-state index is 5.65. The Kier molecular flexibility index (Phi) is 2.74. The number of nitrogens with two attached hydrogens (primary N) is 1. The number of hydrogen-bond donors (Lipinski definition) is 1. The Hall–Kier alpha value is -1.00. The van der Waals surface area contributed by atoms with Crippen molar-refractivity contribution in [2.24, 2.45) is 5.73 Å². The van der Waals surface area contributed by atoms with E-state index in [4.69, 9.17) is 5.73 Å². The molecule has 1 aliphatic heterocycles. The van der Waals surface area contributed by atoms with Gasteiger partial charge in [0.1, 0.15) is 6.33 Å². The topological polar surface area (TPSA) is 55.0 Å². The predicted molar refractivity (Wildman–Crippen MR) is 54.6 cm³/mol. The minimum Gasteiger partial charge on any atom is -0.325 e. The van der Waals surface area contributed by atoms with Crippen LogP contribution in [-0.4, -0.2) is 28.0 Å². The van der Waals surface area contributed by atoms with Crippen LogP contribution in [-0.2, 0) is 19.5 Å². The van der Waals surface area contributed by atoms with E-state index in [1.807, 2.05) is 0 Å². The monoisotopic (exact) mass is 192 g/mol. The summed E-state index contributed by atoms with van der Waals surface area (Å²) in [6, 6.07) is 0. The lowest BCUT2D eigenvalue weighted by Crippen LogP contribution is -2.32. The Morgan fingerprint density at radius 1 is 1.50 bits per heavy atom. The van der Waals surface area contributed by atoms with E-state index >= 15 is 0 Å². The molecule has 76 valence electrons. The van der Waals surface area contributed by atoms with E-state index in [1.54, 1.807) is 6.33 Å². The molecule has 2 heterocycles. The quantitative estimate of drug-likeness (QED) is 0.733. The number of likely N-dealkylation sites (N-methyl/N-ethyl adjacent to an activating group) is 1. The van der Waals surface area contributed by atoms with Crippen molar-refractivity contribution in [3.05, 3.63) is 23.3 Å². The number of nitrogens with zero attached hydrogens (tertiary/aromatic N) is 3. The summed E-state index contributed by atoms with van der Waals surface area (Å²) >= 11 is 0. The van der Waals surface area contributed by atoms with Gasteiger partial charge >= 0.3 is 0 Å². The maximum Gasteiger partial charge on any atom is 0.116 e. The van der Waals surface area contributed by atoms with Crippen molar-refractivity contribution in [1.29, 1.82) is 0 Å². The van der Waals surface area contributed by atoms with Crippen molar-refractivity contribution in [2.45, 2.75) is 26.4 Å². The molecule has 2 rings (SSSR count). The SMILES string of the molecule is CCN1CCc2ncnc(CN)c2C1. The second-order valence-corrected chi connectivity index (χ2v) is 3.57. The molecule has 0 fully saturated rings. The molecule has 0 atom stereocenters. The largest absolute Gasteiger partial charge is 0.325 e. The second kappa shape index (κ2) is 4.02. The molecule has 0 unspecified atom stereocenters. The number of hydrogen-bond acceptors (Lipinski definition) is 4. The molecule has 0 spiro atoms. The van der Waals surface area contributed by atoms with Gasteiger partial charge in [0.2, 0.25) is 0 Å². The zero-order chi connectivity index (χ0) is 9.97. The molecule has 4 nitrogen and oxygen atoms in total. The van der Waals surface area contributed by atoms with E-state index in [9.17, 15) is 0 Å². The first-order valence-electron chi connectivity index (χ1n) is 5.09. The molecule has 1 aromatic rings. The zero-order valence-corrected chi connectivity index (χ0v) is 8.53. The van der Waals surface area contributed by atoms with Crippen molar-refractivity contribution in [1.82, 2.24) is 14.9 Å². The standard InChI is InChI=1S/C10H16N4/c1-2-14-4-3-9-8(6-14)10(5-11)13-7-12-9/h7H,2-6,11H2,1H3. The third-order valence-corrected chi connectivity index (χ3v) is 2.81. The van der Waals surface area contributed by atoms with Crippen LogP contribution in [0.1, 0.15) is 23.9 Å². The first-order chi connectivity index (χ1) is 6.85. The van der Waals surface area contributed by atoms with Gasteiger partial charge in [0, 0.05) is 37.3 Å². The van der Waals surface area contributed by atoms with Gasteiger partial charge in [0.15, 0.2) is 0 Å². The number of aromatic nitrogens is 2. The van der Waals surface area contributed by atoms with Crippen LogP contribution in [0.3, 0.4) is 0 Å². The van der Waals surface area contributed by atoms with Crippen molar-refractivity contribution < 1.29 is 0 Å². The Morgan fingerprint density at radius 2 is 2.36 bits per heavy atom. The molecule has 1 aromatic heterocycles. The normalized spacial score (nSPS) is 16.7. The van der Waals surface area contributed by atoms with Crippen LogP contribution >= 0.6 is 0 Å². The third-order valence-electron chi connectivity index (χ3n) is 2.81. The highest BCUT2D eigenvalue weighted by molar-refractivity contribution is 5.26. The van der Waals surface area contributed by atoms with Crippen LogP contribution < -0.4 is 5.73 Å². The van der Waals surface area contributed by atoms with Gasteiger partial charge in [-0.2, -0.15) is 0 Å². The Balaban J connectivity index is 2.33. The van der Waals surface area contributed by atoms with Crippen molar-refractivity contribution in [2.75, 3.05) is 13.1 Å². The third kappa shape index (κ3) is 1.63. The van der Waals surface area contributed by atoms with Gasteiger partial charge in [-0.3, -0.25) is 4.90 Å². The first kappa shape index (κ1) is 9.55. The molecule has 1 aliphatic rings. The lowest BCUT2D eigenvalue weighted by Gasteiger charge is -2.27. The minimum absolute atomic E-state index is 0.516. The Labute approximate surface area is 84.2 Å². The molecule has 0 aliphatic carbocycles. The molecule has 0 saturated carbocycles. The number of fused-ring (bicyclic) bond motifs is 1. The summed E-state index contributed by atoms with van der Waals surface area (Å²) in [5.41, 5.74) is 9.10. The predicted octanol–water partition coefficient (Wildman–Crippen LogP) is 0.313. The lowest BCUT2D eigenvalue weighted by atomic mass is 10.0. The number of rotatable bonds is 2. The Morgan fingerprint density at radius 3 is 3.07 bits per heavy atom. The van der Waals surface area contributed by atoms with Crippen LogP contribution in [0.15, 0.2) is 6.33 Å². The van der Waals surface area contributed by atoms with Gasteiger partial charge in [-0.05, 0) is 6.54 Å². The Bertz CT molecular complexity index is 310. The van der Waals surface area contributed by atoms with E-state index in [2.05, 4.69) is 21.8 Å². The lowest BCUT2D eigenvalue weighted by molar-refractivity contribution is 0.264. The summed E-state index contributed by atoms with van der Waals surface area (Å²) in [5.74, 6) is 0. The molecule has 0 bridgehead atoms. The molecule has 4 heteroatoms.